The molecule has 0 bridgehead atoms. The highest BCUT2D eigenvalue weighted by molar-refractivity contribution is 9.09. The highest BCUT2D eigenvalue weighted by Crippen LogP contribution is 2.12. The topological polar surface area (TPSA) is 40.5 Å². The maximum Gasteiger partial charge on any atom is 0.0849 e. The molecule has 0 heterocycles. The Kier molecular flexibility index (Phi) is 5.31. The number of aliphatic hydroxyl groups excluding tert-OH is 1. The number of aliphatic hydroxyl groups is 2. The molecule has 0 aliphatic rings. The van der Waals surface area contributed by atoms with Crippen molar-refractivity contribution in [2.24, 2.45) is 0 Å². The molecule has 0 radical (unpaired) electrons. The van der Waals surface area contributed by atoms with E-state index in [1.165, 1.54) is 0 Å². The Hall–Kier alpha value is 0.400. The highest BCUT2D eigenvalue weighted by atomic mass is 79.9. The number of alkyl halides is 1. The summed E-state index contributed by atoms with van der Waals surface area (Å²) in [7, 11) is 0. The summed E-state index contributed by atoms with van der Waals surface area (Å²) >= 11 is 3.29. The van der Waals surface area contributed by atoms with Gasteiger partial charge in [-0.2, -0.15) is 0 Å². The molecule has 0 aromatic heterocycles. The second kappa shape index (κ2) is 5.10. The molecule has 0 unspecified atom stereocenters. The van der Waals surface area contributed by atoms with Crippen LogP contribution in [0.25, 0.3) is 0 Å². The van der Waals surface area contributed by atoms with Crippen LogP contribution in [0.2, 0.25) is 0 Å². The largest absolute Gasteiger partial charge is 0.393 e. The second-order valence-corrected chi connectivity index (χ2v) is 3.59. The fourth-order valence-corrected chi connectivity index (χ4v) is 1.08. The van der Waals surface area contributed by atoms with Gasteiger partial charge in [0.2, 0.25) is 0 Å². The van der Waals surface area contributed by atoms with E-state index in [1.807, 2.05) is 0 Å². The third kappa shape index (κ3) is 5.21. The smallest absolute Gasteiger partial charge is 0.0849 e. The number of unbranched alkanes of at least 4 members (excludes halogenated alkanes) is 1. The van der Waals surface area contributed by atoms with E-state index in [0.29, 0.717) is 6.42 Å². The van der Waals surface area contributed by atoms with Gasteiger partial charge in [0.05, 0.1) is 12.2 Å². The van der Waals surface area contributed by atoms with E-state index < -0.39 is 5.60 Å². The van der Waals surface area contributed by atoms with E-state index in [4.69, 9.17) is 5.11 Å². The van der Waals surface area contributed by atoms with Gasteiger partial charge in [-0.25, -0.2) is 0 Å². The van der Waals surface area contributed by atoms with Gasteiger partial charge in [0, 0.05) is 5.33 Å². The fraction of sp³-hybridized carbons (Fsp3) is 1.00. The minimum absolute atomic E-state index is 0.144. The van der Waals surface area contributed by atoms with Crippen LogP contribution in [-0.4, -0.2) is 27.8 Å². The van der Waals surface area contributed by atoms with Crippen LogP contribution in [0, 0.1) is 0 Å². The summed E-state index contributed by atoms with van der Waals surface area (Å²) in [6, 6.07) is 0. The van der Waals surface area contributed by atoms with Gasteiger partial charge in [-0.1, -0.05) is 15.9 Å². The standard InChI is InChI=1S/C7H15BrO2/c1-7(10,6-9)4-2-3-5-8/h9-10H,2-6H2,1H3/t7-/m0/s1. The van der Waals surface area contributed by atoms with Crippen LogP contribution in [0.1, 0.15) is 26.2 Å². The Morgan fingerprint density at radius 3 is 2.40 bits per heavy atom. The first-order chi connectivity index (χ1) is 4.62. The van der Waals surface area contributed by atoms with Gasteiger partial charge >= 0.3 is 0 Å². The van der Waals surface area contributed by atoms with Crippen LogP contribution in [0.3, 0.4) is 0 Å². The van der Waals surface area contributed by atoms with Crippen LogP contribution in [0.5, 0.6) is 0 Å². The van der Waals surface area contributed by atoms with Gasteiger partial charge in [0.25, 0.3) is 0 Å². The predicted octanol–water partition coefficient (Wildman–Crippen LogP) is 1.29. The molecule has 0 amide bonds. The van der Waals surface area contributed by atoms with E-state index >= 15 is 0 Å². The van der Waals surface area contributed by atoms with Gasteiger partial charge in [0.1, 0.15) is 0 Å². The Labute approximate surface area is 70.4 Å². The maximum absolute atomic E-state index is 9.28. The fourth-order valence-electron chi connectivity index (χ4n) is 0.679. The molecule has 3 heteroatoms. The van der Waals surface area contributed by atoms with Gasteiger partial charge in [-0.15, -0.1) is 0 Å². The van der Waals surface area contributed by atoms with Crippen molar-refractivity contribution < 1.29 is 10.2 Å². The third-order valence-corrected chi connectivity index (χ3v) is 2.00. The molecular weight excluding hydrogens is 196 g/mol. The minimum atomic E-state index is -0.873. The lowest BCUT2D eigenvalue weighted by Gasteiger charge is -2.19. The van der Waals surface area contributed by atoms with Crippen molar-refractivity contribution in [2.45, 2.75) is 31.8 Å². The number of halogens is 1. The molecule has 1 atom stereocenters. The first-order valence-electron chi connectivity index (χ1n) is 3.51. The summed E-state index contributed by atoms with van der Waals surface area (Å²) in [5, 5.41) is 18.9. The third-order valence-electron chi connectivity index (χ3n) is 1.44. The molecule has 0 fully saturated rings. The van der Waals surface area contributed by atoms with Crippen molar-refractivity contribution in [1.29, 1.82) is 0 Å². The van der Waals surface area contributed by atoms with Gasteiger partial charge in [-0.3, -0.25) is 0 Å². The molecule has 0 saturated carbocycles. The lowest BCUT2D eigenvalue weighted by atomic mass is 10.0. The summed E-state index contributed by atoms with van der Waals surface area (Å²) in [4.78, 5) is 0. The van der Waals surface area contributed by atoms with Gasteiger partial charge < -0.3 is 10.2 Å². The average Bonchev–Trinajstić information content (AvgIpc) is 1.89. The highest BCUT2D eigenvalue weighted by Gasteiger charge is 2.17. The van der Waals surface area contributed by atoms with E-state index in [2.05, 4.69) is 15.9 Å². The molecule has 10 heavy (non-hydrogen) atoms. The van der Waals surface area contributed by atoms with E-state index in [0.717, 1.165) is 18.2 Å². The SMILES string of the molecule is C[C@@](O)(CO)CCCCBr. The van der Waals surface area contributed by atoms with Crippen molar-refractivity contribution in [3.63, 3.8) is 0 Å². The second-order valence-electron chi connectivity index (χ2n) is 2.80. The molecule has 0 aliphatic carbocycles. The summed E-state index contributed by atoms with van der Waals surface area (Å²) in [6.45, 7) is 1.51. The lowest BCUT2D eigenvalue weighted by Crippen LogP contribution is -2.28. The van der Waals surface area contributed by atoms with Gasteiger partial charge in [0.15, 0.2) is 0 Å². The summed E-state index contributed by atoms with van der Waals surface area (Å²) in [5.41, 5.74) is -0.873. The zero-order chi connectivity index (χ0) is 8.04. The Morgan fingerprint density at radius 1 is 1.40 bits per heavy atom. The average molecular weight is 211 g/mol. The van der Waals surface area contributed by atoms with Crippen molar-refractivity contribution in [3.05, 3.63) is 0 Å². The summed E-state index contributed by atoms with van der Waals surface area (Å²) in [5.74, 6) is 0. The van der Waals surface area contributed by atoms with E-state index in [-0.39, 0.29) is 6.61 Å². The van der Waals surface area contributed by atoms with E-state index in [1.54, 1.807) is 6.92 Å². The molecule has 0 spiro atoms. The van der Waals surface area contributed by atoms with Crippen LogP contribution in [0.15, 0.2) is 0 Å². The monoisotopic (exact) mass is 210 g/mol. The molecule has 0 aromatic carbocycles. The number of hydrogen-bond acceptors (Lipinski definition) is 2. The first kappa shape index (κ1) is 10.4. The Morgan fingerprint density at radius 2 is 2.00 bits per heavy atom. The molecule has 0 aliphatic heterocycles. The van der Waals surface area contributed by atoms with Crippen molar-refractivity contribution in [3.8, 4) is 0 Å². The summed E-state index contributed by atoms with van der Waals surface area (Å²) in [6.07, 6.45) is 2.68. The predicted molar refractivity (Wildman–Crippen MR) is 45.4 cm³/mol. The number of rotatable bonds is 5. The normalized spacial score (nSPS) is 16.8. The molecule has 2 nitrogen and oxygen atoms in total. The molecule has 0 rings (SSSR count). The lowest BCUT2D eigenvalue weighted by molar-refractivity contribution is -0.00653. The van der Waals surface area contributed by atoms with E-state index in [9.17, 15) is 5.11 Å². The Balaban J connectivity index is 3.28. The van der Waals surface area contributed by atoms with Crippen LogP contribution >= 0.6 is 15.9 Å². The first-order valence-corrected chi connectivity index (χ1v) is 4.64. The van der Waals surface area contributed by atoms with Crippen LogP contribution in [-0.2, 0) is 0 Å². The zero-order valence-electron chi connectivity index (χ0n) is 6.31. The van der Waals surface area contributed by atoms with Gasteiger partial charge in [-0.05, 0) is 26.2 Å². The molecular formula is C7H15BrO2. The maximum atomic E-state index is 9.28. The zero-order valence-corrected chi connectivity index (χ0v) is 7.89. The van der Waals surface area contributed by atoms with Crippen molar-refractivity contribution >= 4 is 15.9 Å². The quantitative estimate of drug-likeness (QED) is 0.531. The molecule has 0 aromatic rings. The van der Waals surface area contributed by atoms with Crippen LogP contribution in [0.4, 0.5) is 0 Å². The number of hydrogen-bond donors (Lipinski definition) is 2. The molecule has 0 saturated heterocycles. The molecule has 62 valence electrons. The van der Waals surface area contributed by atoms with Crippen molar-refractivity contribution in [2.75, 3.05) is 11.9 Å². The van der Waals surface area contributed by atoms with Crippen molar-refractivity contribution in [1.82, 2.24) is 0 Å². The molecule has 2 N–H and O–H groups in total. The summed E-state index contributed by atoms with van der Waals surface area (Å²) < 4.78 is 0. The Bertz CT molecular complexity index is 83.7. The minimum Gasteiger partial charge on any atom is -0.393 e. The van der Waals surface area contributed by atoms with Crippen LogP contribution < -0.4 is 0 Å².